The Morgan fingerprint density at radius 2 is 2.25 bits per heavy atom. The molecule has 0 atom stereocenters. The van der Waals surface area contributed by atoms with Crippen molar-refractivity contribution in [1.82, 2.24) is 14.2 Å². The van der Waals surface area contributed by atoms with E-state index in [2.05, 4.69) is 14.8 Å². The lowest BCUT2D eigenvalue weighted by Gasteiger charge is -2.02. The third-order valence-corrected chi connectivity index (χ3v) is 3.44. The minimum atomic E-state index is 0.607. The Hall–Kier alpha value is -1.56. The summed E-state index contributed by atoms with van der Waals surface area (Å²) in [7, 11) is 1.92. The highest BCUT2D eigenvalue weighted by Crippen LogP contribution is 2.25. The van der Waals surface area contributed by atoms with Crippen molar-refractivity contribution < 1.29 is 0 Å². The zero-order valence-electron chi connectivity index (χ0n) is 9.61. The molecule has 86 valence electrons. The van der Waals surface area contributed by atoms with Crippen molar-refractivity contribution in [3.05, 3.63) is 23.0 Å². The molecule has 0 unspecified atom stereocenters. The molecule has 0 aliphatic rings. The predicted octanol–water partition coefficient (Wildman–Crippen LogP) is 1.69. The SMILES string of the molecule is Cc1nn(C)cc1CNc1snc(N)c1C. The number of aromatic nitrogens is 3. The third-order valence-electron chi connectivity index (χ3n) is 2.51. The normalized spacial score (nSPS) is 10.7. The van der Waals surface area contributed by atoms with Crippen molar-refractivity contribution in [2.45, 2.75) is 20.4 Å². The maximum Gasteiger partial charge on any atom is 0.142 e. The average Bonchev–Trinajstić information content (AvgIpc) is 2.70. The van der Waals surface area contributed by atoms with Crippen molar-refractivity contribution in [3.8, 4) is 0 Å². The molecule has 2 rings (SSSR count). The molecule has 0 saturated carbocycles. The zero-order valence-corrected chi connectivity index (χ0v) is 10.4. The van der Waals surface area contributed by atoms with E-state index in [0.29, 0.717) is 5.82 Å². The quantitative estimate of drug-likeness (QED) is 0.852. The van der Waals surface area contributed by atoms with Gasteiger partial charge in [-0.25, -0.2) is 0 Å². The first-order chi connectivity index (χ1) is 7.58. The second-order valence-electron chi connectivity index (χ2n) is 3.79. The van der Waals surface area contributed by atoms with E-state index >= 15 is 0 Å². The molecule has 2 aromatic rings. The van der Waals surface area contributed by atoms with Gasteiger partial charge in [0.15, 0.2) is 0 Å². The van der Waals surface area contributed by atoms with Gasteiger partial charge >= 0.3 is 0 Å². The molecule has 16 heavy (non-hydrogen) atoms. The predicted molar refractivity (Wildman–Crippen MR) is 66.5 cm³/mol. The Labute approximate surface area is 98.4 Å². The van der Waals surface area contributed by atoms with Gasteiger partial charge in [-0.15, -0.1) is 0 Å². The maximum absolute atomic E-state index is 5.69. The number of nitrogen functional groups attached to an aromatic ring is 1. The Morgan fingerprint density at radius 1 is 1.50 bits per heavy atom. The standard InChI is InChI=1S/C10H15N5S/c1-6-9(11)14-16-10(6)12-4-8-5-15(3)13-7(8)2/h5,12H,4H2,1-3H3,(H2,11,14). The van der Waals surface area contributed by atoms with Gasteiger partial charge in [-0.1, -0.05) is 0 Å². The van der Waals surface area contributed by atoms with Gasteiger partial charge in [0.05, 0.1) is 5.69 Å². The number of hydrogen-bond acceptors (Lipinski definition) is 5. The number of nitrogens with two attached hydrogens (primary N) is 1. The van der Waals surface area contributed by atoms with Gasteiger partial charge in [-0.05, 0) is 25.4 Å². The molecule has 0 spiro atoms. The van der Waals surface area contributed by atoms with Gasteiger partial charge in [-0.2, -0.15) is 9.47 Å². The first-order valence-corrected chi connectivity index (χ1v) is 5.80. The summed E-state index contributed by atoms with van der Waals surface area (Å²) in [5.74, 6) is 0.607. The molecule has 2 aromatic heterocycles. The first-order valence-electron chi connectivity index (χ1n) is 5.02. The fourth-order valence-electron chi connectivity index (χ4n) is 1.51. The van der Waals surface area contributed by atoms with E-state index in [0.717, 1.165) is 22.8 Å². The Bertz CT molecular complexity index is 497. The minimum absolute atomic E-state index is 0.607. The van der Waals surface area contributed by atoms with Crippen LogP contribution in [0.5, 0.6) is 0 Å². The molecule has 0 aromatic carbocycles. The van der Waals surface area contributed by atoms with Crippen molar-refractivity contribution in [2.24, 2.45) is 7.05 Å². The van der Waals surface area contributed by atoms with Crippen molar-refractivity contribution in [3.63, 3.8) is 0 Å². The largest absolute Gasteiger partial charge is 0.383 e. The summed E-state index contributed by atoms with van der Waals surface area (Å²) in [6, 6.07) is 0. The van der Waals surface area contributed by atoms with E-state index in [9.17, 15) is 0 Å². The van der Waals surface area contributed by atoms with E-state index in [4.69, 9.17) is 5.73 Å². The Balaban J connectivity index is 2.08. The zero-order chi connectivity index (χ0) is 11.7. The second kappa shape index (κ2) is 4.13. The highest BCUT2D eigenvalue weighted by molar-refractivity contribution is 7.10. The van der Waals surface area contributed by atoms with Crippen LogP contribution in [0.25, 0.3) is 0 Å². The number of rotatable bonds is 3. The summed E-state index contributed by atoms with van der Waals surface area (Å²) < 4.78 is 5.91. The van der Waals surface area contributed by atoms with Gasteiger partial charge in [0.25, 0.3) is 0 Å². The molecule has 2 heterocycles. The molecule has 0 bridgehead atoms. The van der Waals surface area contributed by atoms with Crippen LogP contribution in [0.4, 0.5) is 10.8 Å². The minimum Gasteiger partial charge on any atom is -0.383 e. The molecule has 0 fully saturated rings. The van der Waals surface area contributed by atoms with E-state index in [1.807, 2.05) is 31.8 Å². The smallest absolute Gasteiger partial charge is 0.142 e. The summed E-state index contributed by atoms with van der Waals surface area (Å²) in [6.07, 6.45) is 2.02. The lowest BCUT2D eigenvalue weighted by molar-refractivity contribution is 0.756. The van der Waals surface area contributed by atoms with Gasteiger partial charge in [0, 0.05) is 30.9 Å². The highest BCUT2D eigenvalue weighted by atomic mass is 32.1. The second-order valence-corrected chi connectivity index (χ2v) is 4.56. The first kappa shape index (κ1) is 10.9. The van der Waals surface area contributed by atoms with Crippen LogP contribution in [0.1, 0.15) is 16.8 Å². The molecular weight excluding hydrogens is 222 g/mol. The topological polar surface area (TPSA) is 68.8 Å². The van der Waals surface area contributed by atoms with Crippen LogP contribution < -0.4 is 11.1 Å². The summed E-state index contributed by atoms with van der Waals surface area (Å²) in [4.78, 5) is 0. The van der Waals surface area contributed by atoms with Gasteiger partial charge < -0.3 is 11.1 Å². The van der Waals surface area contributed by atoms with Crippen LogP contribution in [-0.2, 0) is 13.6 Å². The number of aryl methyl sites for hydroxylation is 2. The molecule has 0 amide bonds. The lowest BCUT2D eigenvalue weighted by atomic mass is 10.2. The Morgan fingerprint density at radius 3 is 2.75 bits per heavy atom. The van der Waals surface area contributed by atoms with E-state index in [1.165, 1.54) is 17.1 Å². The number of nitrogens with zero attached hydrogens (tertiary/aromatic N) is 3. The molecule has 0 radical (unpaired) electrons. The van der Waals surface area contributed by atoms with Crippen LogP contribution in [-0.4, -0.2) is 14.2 Å². The third kappa shape index (κ3) is 2.01. The lowest BCUT2D eigenvalue weighted by Crippen LogP contribution is -1.99. The van der Waals surface area contributed by atoms with Crippen molar-refractivity contribution in [1.29, 1.82) is 0 Å². The summed E-state index contributed by atoms with van der Waals surface area (Å²) in [5.41, 5.74) is 8.94. The fraction of sp³-hybridized carbons (Fsp3) is 0.400. The molecule has 6 heteroatoms. The fourth-order valence-corrected chi connectivity index (χ4v) is 2.22. The summed E-state index contributed by atoms with van der Waals surface area (Å²) in [5, 5.41) is 8.65. The highest BCUT2D eigenvalue weighted by Gasteiger charge is 2.07. The van der Waals surface area contributed by atoms with Crippen LogP contribution >= 0.6 is 11.5 Å². The molecule has 0 aliphatic carbocycles. The monoisotopic (exact) mass is 237 g/mol. The van der Waals surface area contributed by atoms with Crippen LogP contribution in [0, 0.1) is 13.8 Å². The molecule has 3 N–H and O–H groups in total. The molecular formula is C10H15N5S. The van der Waals surface area contributed by atoms with Crippen molar-refractivity contribution in [2.75, 3.05) is 11.1 Å². The Kier molecular flexibility index (Phi) is 2.82. The van der Waals surface area contributed by atoms with Gasteiger partial charge in [0.2, 0.25) is 0 Å². The van der Waals surface area contributed by atoms with E-state index in [1.54, 1.807) is 0 Å². The average molecular weight is 237 g/mol. The molecule has 0 saturated heterocycles. The maximum atomic E-state index is 5.69. The van der Waals surface area contributed by atoms with Gasteiger partial charge in [-0.3, -0.25) is 4.68 Å². The number of hydrogen-bond donors (Lipinski definition) is 2. The van der Waals surface area contributed by atoms with Crippen LogP contribution in [0.3, 0.4) is 0 Å². The number of nitrogens with one attached hydrogen (secondary N) is 1. The van der Waals surface area contributed by atoms with E-state index < -0.39 is 0 Å². The number of anilines is 2. The van der Waals surface area contributed by atoms with Crippen LogP contribution in [0.15, 0.2) is 6.20 Å². The van der Waals surface area contributed by atoms with Gasteiger partial charge in [0.1, 0.15) is 10.8 Å². The van der Waals surface area contributed by atoms with E-state index in [-0.39, 0.29) is 0 Å². The summed E-state index contributed by atoms with van der Waals surface area (Å²) in [6.45, 7) is 4.73. The van der Waals surface area contributed by atoms with Crippen molar-refractivity contribution >= 4 is 22.4 Å². The summed E-state index contributed by atoms with van der Waals surface area (Å²) >= 11 is 1.39. The molecule has 5 nitrogen and oxygen atoms in total. The molecule has 0 aliphatic heterocycles. The van der Waals surface area contributed by atoms with Crippen LogP contribution in [0.2, 0.25) is 0 Å².